The molecule has 0 aliphatic rings. The maximum atomic E-state index is 6.01. The van der Waals surface area contributed by atoms with Crippen LogP contribution in [0, 0.1) is 0 Å². The summed E-state index contributed by atoms with van der Waals surface area (Å²) >= 11 is 7.27. The van der Waals surface area contributed by atoms with Crippen LogP contribution < -0.4 is 11.5 Å². The summed E-state index contributed by atoms with van der Waals surface area (Å²) in [5.74, 6) is 0. The molecule has 5 heteroatoms. The van der Waals surface area contributed by atoms with E-state index in [1.165, 1.54) is 11.3 Å². The Morgan fingerprint density at radius 1 is 1.21 bits per heavy atom. The Morgan fingerprint density at radius 3 is 2.50 bits per heavy atom. The lowest BCUT2D eigenvalue weighted by atomic mass is 10.2. The van der Waals surface area contributed by atoms with Gasteiger partial charge in [-0.1, -0.05) is 41.1 Å². The van der Waals surface area contributed by atoms with Crippen LogP contribution in [-0.2, 0) is 0 Å². The summed E-state index contributed by atoms with van der Waals surface area (Å²) in [5, 5.41) is 1.68. The average Bonchev–Trinajstić information content (AvgIpc) is 2.46. The normalized spacial score (nSPS) is 10.4. The minimum absolute atomic E-state index is 0.456. The van der Waals surface area contributed by atoms with Gasteiger partial charge in [-0.2, -0.15) is 0 Å². The minimum Gasteiger partial charge on any atom is -0.389 e. The first-order valence-electron chi connectivity index (χ1n) is 3.95. The number of thiazole rings is 1. The summed E-state index contributed by atoms with van der Waals surface area (Å²) in [5.41, 5.74) is 12.8. The summed E-state index contributed by atoms with van der Waals surface area (Å²) in [6.45, 7) is 0. The lowest BCUT2D eigenvalue weighted by molar-refractivity contribution is 1.41. The van der Waals surface area contributed by atoms with Gasteiger partial charge in [0.1, 0.15) is 10.7 Å². The molecule has 0 bridgehead atoms. The Balaban J connectivity index is 2.60. The van der Waals surface area contributed by atoms with Gasteiger partial charge in [0.15, 0.2) is 5.13 Å². The van der Waals surface area contributed by atoms with Gasteiger partial charge in [0, 0.05) is 5.56 Å². The van der Waals surface area contributed by atoms with Crippen molar-refractivity contribution in [3.8, 4) is 11.3 Å². The van der Waals surface area contributed by atoms with Crippen molar-refractivity contribution in [2.75, 3.05) is 11.5 Å². The number of nitrogens with zero attached hydrogens (tertiary/aromatic N) is 1. The number of nitrogen functional groups attached to an aromatic ring is 2. The third-order valence-corrected chi connectivity index (χ3v) is 2.84. The predicted molar refractivity (Wildman–Crippen MR) is 61.4 cm³/mol. The maximum absolute atomic E-state index is 6.01. The SMILES string of the molecule is Nc1nc(-c2ccccc2Cl)c(N)s1. The van der Waals surface area contributed by atoms with Gasteiger partial charge >= 0.3 is 0 Å². The van der Waals surface area contributed by atoms with E-state index in [1.807, 2.05) is 18.2 Å². The molecular weight excluding hydrogens is 218 g/mol. The molecule has 0 unspecified atom stereocenters. The lowest BCUT2D eigenvalue weighted by Crippen LogP contribution is -1.87. The van der Waals surface area contributed by atoms with Crippen LogP contribution in [0.25, 0.3) is 11.3 Å². The number of anilines is 2. The molecule has 14 heavy (non-hydrogen) atoms. The molecule has 0 radical (unpaired) electrons. The summed E-state index contributed by atoms with van der Waals surface area (Å²) in [4.78, 5) is 4.13. The van der Waals surface area contributed by atoms with Gasteiger partial charge in [0.2, 0.25) is 0 Å². The quantitative estimate of drug-likeness (QED) is 0.784. The summed E-state index contributed by atoms with van der Waals surface area (Å²) in [7, 11) is 0. The molecule has 0 atom stereocenters. The van der Waals surface area contributed by atoms with Crippen molar-refractivity contribution in [1.82, 2.24) is 4.98 Å². The van der Waals surface area contributed by atoms with Crippen molar-refractivity contribution in [3.05, 3.63) is 29.3 Å². The second-order valence-corrected chi connectivity index (χ2v) is 4.21. The highest BCUT2D eigenvalue weighted by molar-refractivity contribution is 7.19. The van der Waals surface area contributed by atoms with Crippen LogP contribution in [0.5, 0.6) is 0 Å². The van der Waals surface area contributed by atoms with E-state index in [9.17, 15) is 0 Å². The highest BCUT2D eigenvalue weighted by Gasteiger charge is 2.11. The van der Waals surface area contributed by atoms with Crippen molar-refractivity contribution in [2.45, 2.75) is 0 Å². The molecular formula is C9H8ClN3S. The fourth-order valence-electron chi connectivity index (χ4n) is 1.20. The van der Waals surface area contributed by atoms with Crippen molar-refractivity contribution < 1.29 is 0 Å². The Kier molecular flexibility index (Phi) is 2.31. The third-order valence-electron chi connectivity index (χ3n) is 1.80. The highest BCUT2D eigenvalue weighted by atomic mass is 35.5. The van der Waals surface area contributed by atoms with Crippen molar-refractivity contribution in [2.24, 2.45) is 0 Å². The number of aromatic nitrogens is 1. The van der Waals surface area contributed by atoms with Gasteiger partial charge < -0.3 is 11.5 Å². The molecule has 0 aliphatic carbocycles. The van der Waals surface area contributed by atoms with Gasteiger partial charge in [0.25, 0.3) is 0 Å². The topological polar surface area (TPSA) is 64.9 Å². The van der Waals surface area contributed by atoms with E-state index in [0.29, 0.717) is 20.8 Å². The van der Waals surface area contributed by atoms with Gasteiger partial charge in [0.05, 0.1) is 5.02 Å². The predicted octanol–water partition coefficient (Wildman–Crippen LogP) is 2.63. The smallest absolute Gasteiger partial charge is 0.182 e. The Morgan fingerprint density at radius 2 is 1.93 bits per heavy atom. The molecule has 4 N–H and O–H groups in total. The third kappa shape index (κ3) is 1.54. The Hall–Kier alpha value is -1.26. The molecule has 0 saturated heterocycles. The van der Waals surface area contributed by atoms with E-state index in [2.05, 4.69) is 4.98 Å². The first-order valence-corrected chi connectivity index (χ1v) is 5.14. The highest BCUT2D eigenvalue weighted by Crippen LogP contribution is 2.35. The molecule has 1 aromatic carbocycles. The number of nitrogens with two attached hydrogens (primary N) is 2. The molecule has 0 fully saturated rings. The molecule has 72 valence electrons. The fraction of sp³-hybridized carbons (Fsp3) is 0. The van der Waals surface area contributed by atoms with Crippen LogP contribution in [0.4, 0.5) is 10.1 Å². The molecule has 2 aromatic rings. The molecule has 3 nitrogen and oxygen atoms in total. The van der Waals surface area contributed by atoms with E-state index in [1.54, 1.807) is 6.07 Å². The summed E-state index contributed by atoms with van der Waals surface area (Å²) in [6, 6.07) is 7.41. The van der Waals surface area contributed by atoms with Crippen LogP contribution in [-0.4, -0.2) is 4.98 Å². The van der Waals surface area contributed by atoms with Gasteiger partial charge in [-0.25, -0.2) is 4.98 Å². The fourth-order valence-corrected chi connectivity index (χ4v) is 2.04. The van der Waals surface area contributed by atoms with Crippen LogP contribution >= 0.6 is 22.9 Å². The second kappa shape index (κ2) is 3.48. The van der Waals surface area contributed by atoms with Crippen molar-refractivity contribution >= 4 is 33.1 Å². The summed E-state index contributed by atoms with van der Waals surface area (Å²) in [6.07, 6.45) is 0. The average molecular weight is 226 g/mol. The first-order chi connectivity index (χ1) is 6.68. The number of hydrogen-bond donors (Lipinski definition) is 2. The van der Waals surface area contributed by atoms with E-state index < -0.39 is 0 Å². The van der Waals surface area contributed by atoms with Crippen LogP contribution in [0.3, 0.4) is 0 Å². The zero-order valence-corrected chi connectivity index (χ0v) is 8.77. The molecule has 1 aromatic heterocycles. The lowest BCUT2D eigenvalue weighted by Gasteiger charge is -2.00. The Labute approximate surface area is 90.3 Å². The van der Waals surface area contributed by atoms with Crippen molar-refractivity contribution in [3.63, 3.8) is 0 Å². The van der Waals surface area contributed by atoms with E-state index in [4.69, 9.17) is 23.1 Å². The van der Waals surface area contributed by atoms with Crippen molar-refractivity contribution in [1.29, 1.82) is 0 Å². The van der Waals surface area contributed by atoms with Gasteiger partial charge in [-0.05, 0) is 6.07 Å². The van der Waals surface area contributed by atoms with E-state index >= 15 is 0 Å². The first kappa shape index (κ1) is 9.30. The number of benzene rings is 1. The summed E-state index contributed by atoms with van der Waals surface area (Å²) < 4.78 is 0. The number of rotatable bonds is 1. The maximum Gasteiger partial charge on any atom is 0.182 e. The monoisotopic (exact) mass is 225 g/mol. The molecule has 2 rings (SSSR count). The zero-order chi connectivity index (χ0) is 10.1. The molecule has 0 aliphatic heterocycles. The van der Waals surface area contributed by atoms with Crippen LogP contribution in [0.2, 0.25) is 5.02 Å². The van der Waals surface area contributed by atoms with Gasteiger partial charge in [-0.15, -0.1) is 0 Å². The van der Waals surface area contributed by atoms with E-state index in [-0.39, 0.29) is 0 Å². The molecule has 0 amide bonds. The molecule has 0 spiro atoms. The van der Waals surface area contributed by atoms with Crippen LogP contribution in [0.15, 0.2) is 24.3 Å². The number of halogens is 1. The second-order valence-electron chi connectivity index (χ2n) is 2.74. The zero-order valence-electron chi connectivity index (χ0n) is 7.20. The Bertz CT molecular complexity index is 467. The van der Waals surface area contributed by atoms with E-state index in [0.717, 1.165) is 5.56 Å². The minimum atomic E-state index is 0.456. The standard InChI is InChI=1S/C9H8ClN3S/c10-6-4-2-1-3-5(6)7-8(11)14-9(12)13-7/h1-4H,11H2,(H2,12,13). The number of hydrogen-bond acceptors (Lipinski definition) is 4. The van der Waals surface area contributed by atoms with Crippen LogP contribution in [0.1, 0.15) is 0 Å². The molecule has 0 saturated carbocycles. The molecule has 1 heterocycles. The largest absolute Gasteiger partial charge is 0.389 e. The van der Waals surface area contributed by atoms with Gasteiger partial charge in [-0.3, -0.25) is 0 Å².